The van der Waals surface area contributed by atoms with Crippen molar-refractivity contribution in [1.82, 2.24) is 0 Å². The van der Waals surface area contributed by atoms with Gasteiger partial charge in [-0.1, -0.05) is 11.6 Å². The third kappa shape index (κ3) is 3.52. The van der Waals surface area contributed by atoms with Crippen molar-refractivity contribution in [2.75, 3.05) is 19.5 Å². The molecule has 2 aromatic carbocycles. The Labute approximate surface area is 129 Å². The molecule has 0 heterocycles. The van der Waals surface area contributed by atoms with Crippen LogP contribution in [0.5, 0.6) is 17.2 Å². The van der Waals surface area contributed by atoms with E-state index in [4.69, 9.17) is 21.1 Å². The van der Waals surface area contributed by atoms with Crippen LogP contribution in [-0.4, -0.2) is 19.3 Å². The van der Waals surface area contributed by atoms with Gasteiger partial charge in [-0.2, -0.15) is 0 Å². The summed E-state index contributed by atoms with van der Waals surface area (Å²) in [7, 11) is 3.19. The number of nitrogens with one attached hydrogen (secondary N) is 1. The molecule has 0 amide bonds. The second kappa shape index (κ2) is 6.59. The molecule has 4 nitrogen and oxygen atoms in total. The van der Waals surface area contributed by atoms with E-state index in [-0.39, 0.29) is 11.8 Å². The monoisotopic (exact) mass is 307 g/mol. The Hall–Kier alpha value is -2.07. The normalized spacial score (nSPS) is 11.8. The lowest BCUT2D eigenvalue weighted by atomic mass is 10.1. The van der Waals surface area contributed by atoms with Crippen LogP contribution in [0.15, 0.2) is 36.4 Å². The number of rotatable bonds is 5. The van der Waals surface area contributed by atoms with Crippen LogP contribution in [-0.2, 0) is 0 Å². The zero-order valence-electron chi connectivity index (χ0n) is 12.2. The van der Waals surface area contributed by atoms with Gasteiger partial charge in [-0.05, 0) is 43.3 Å². The van der Waals surface area contributed by atoms with Crippen molar-refractivity contribution in [3.63, 3.8) is 0 Å². The van der Waals surface area contributed by atoms with E-state index >= 15 is 0 Å². The number of hydrogen-bond acceptors (Lipinski definition) is 4. The molecule has 2 rings (SSSR count). The molecule has 0 saturated heterocycles. The van der Waals surface area contributed by atoms with Gasteiger partial charge in [0.25, 0.3) is 0 Å². The van der Waals surface area contributed by atoms with Crippen molar-refractivity contribution >= 4 is 17.3 Å². The minimum Gasteiger partial charge on any atom is -0.508 e. The first-order chi connectivity index (χ1) is 10.0. The Balaban J connectivity index is 2.29. The van der Waals surface area contributed by atoms with E-state index in [1.807, 2.05) is 6.92 Å². The first-order valence-electron chi connectivity index (χ1n) is 6.52. The summed E-state index contributed by atoms with van der Waals surface area (Å²) in [5.41, 5.74) is 1.50. The summed E-state index contributed by atoms with van der Waals surface area (Å²) < 4.78 is 10.5. The van der Waals surface area contributed by atoms with E-state index in [0.717, 1.165) is 11.3 Å². The zero-order chi connectivity index (χ0) is 15.4. The average Bonchev–Trinajstić information content (AvgIpc) is 2.48. The van der Waals surface area contributed by atoms with Crippen LogP contribution in [0.1, 0.15) is 18.5 Å². The molecule has 0 saturated carbocycles. The van der Waals surface area contributed by atoms with Crippen LogP contribution in [0, 0.1) is 0 Å². The first kappa shape index (κ1) is 15.3. The number of benzene rings is 2. The van der Waals surface area contributed by atoms with Crippen LogP contribution < -0.4 is 14.8 Å². The van der Waals surface area contributed by atoms with E-state index in [0.29, 0.717) is 16.5 Å². The lowest BCUT2D eigenvalue weighted by Gasteiger charge is -2.19. The van der Waals surface area contributed by atoms with Crippen LogP contribution in [0.3, 0.4) is 0 Å². The number of aromatic hydroxyl groups is 1. The number of phenols is 1. The largest absolute Gasteiger partial charge is 0.508 e. The van der Waals surface area contributed by atoms with Crippen molar-refractivity contribution < 1.29 is 14.6 Å². The van der Waals surface area contributed by atoms with Crippen LogP contribution in [0.25, 0.3) is 0 Å². The highest BCUT2D eigenvalue weighted by atomic mass is 35.5. The minimum absolute atomic E-state index is 0.146. The molecule has 2 N–H and O–H groups in total. The predicted molar refractivity (Wildman–Crippen MR) is 84.7 cm³/mol. The third-order valence-corrected chi connectivity index (χ3v) is 3.47. The zero-order valence-corrected chi connectivity index (χ0v) is 12.9. The minimum atomic E-state index is -0.146. The van der Waals surface area contributed by atoms with Gasteiger partial charge >= 0.3 is 0 Å². The van der Waals surface area contributed by atoms with Gasteiger partial charge < -0.3 is 19.9 Å². The predicted octanol–water partition coefficient (Wildman–Crippen LogP) is 4.24. The first-order valence-corrected chi connectivity index (χ1v) is 6.90. The Morgan fingerprint density at radius 3 is 2.52 bits per heavy atom. The molecule has 1 atom stereocenters. The maximum absolute atomic E-state index is 10.0. The molecule has 112 valence electrons. The Morgan fingerprint density at radius 1 is 1.10 bits per heavy atom. The maximum Gasteiger partial charge on any atom is 0.142 e. The van der Waals surface area contributed by atoms with Crippen molar-refractivity contribution in [3.05, 3.63) is 47.0 Å². The fraction of sp³-hybridized carbons (Fsp3) is 0.250. The highest BCUT2D eigenvalue weighted by Gasteiger charge is 2.14. The van der Waals surface area contributed by atoms with E-state index in [2.05, 4.69) is 5.32 Å². The number of phenolic OH excluding ortho intramolecular Hbond substituents is 1. The lowest BCUT2D eigenvalue weighted by molar-refractivity contribution is 0.409. The highest BCUT2D eigenvalue weighted by molar-refractivity contribution is 6.30. The second-order valence-corrected chi connectivity index (χ2v) is 5.07. The molecule has 21 heavy (non-hydrogen) atoms. The molecular formula is C16H18ClNO3. The van der Waals surface area contributed by atoms with Crippen molar-refractivity contribution in [3.8, 4) is 17.2 Å². The summed E-state index contributed by atoms with van der Waals surface area (Å²) in [5, 5.41) is 13.9. The van der Waals surface area contributed by atoms with Gasteiger partial charge in [0.15, 0.2) is 0 Å². The topological polar surface area (TPSA) is 50.7 Å². The molecule has 0 radical (unpaired) electrons. The lowest BCUT2D eigenvalue weighted by Crippen LogP contribution is -2.08. The number of anilines is 1. The van der Waals surface area contributed by atoms with Crippen LogP contribution >= 0.6 is 11.6 Å². The summed E-state index contributed by atoms with van der Waals surface area (Å²) in [5.74, 6) is 1.58. The van der Waals surface area contributed by atoms with E-state index in [1.165, 1.54) is 0 Å². The van der Waals surface area contributed by atoms with E-state index in [1.54, 1.807) is 50.6 Å². The van der Waals surface area contributed by atoms with Gasteiger partial charge in [0.2, 0.25) is 0 Å². The van der Waals surface area contributed by atoms with Gasteiger partial charge in [-0.3, -0.25) is 0 Å². The van der Waals surface area contributed by atoms with Crippen molar-refractivity contribution in [1.29, 1.82) is 0 Å². The molecular weight excluding hydrogens is 290 g/mol. The van der Waals surface area contributed by atoms with E-state index < -0.39 is 0 Å². The molecule has 2 aromatic rings. The molecule has 0 aliphatic rings. The number of ether oxygens (including phenoxy) is 2. The average molecular weight is 308 g/mol. The molecule has 0 spiro atoms. The Bertz CT molecular complexity index is 631. The highest BCUT2D eigenvalue weighted by Crippen LogP contribution is 2.34. The van der Waals surface area contributed by atoms with Crippen molar-refractivity contribution in [2.24, 2.45) is 0 Å². The van der Waals surface area contributed by atoms with E-state index in [9.17, 15) is 5.11 Å². The summed E-state index contributed by atoms with van der Waals surface area (Å²) in [6, 6.07) is 10.3. The smallest absolute Gasteiger partial charge is 0.142 e. The number of hydrogen-bond donors (Lipinski definition) is 2. The summed E-state index contributed by atoms with van der Waals surface area (Å²) in [4.78, 5) is 0. The fourth-order valence-electron chi connectivity index (χ4n) is 2.11. The van der Waals surface area contributed by atoms with Gasteiger partial charge in [-0.15, -0.1) is 0 Å². The Kier molecular flexibility index (Phi) is 4.81. The number of methoxy groups -OCH3 is 2. The van der Waals surface area contributed by atoms with Gasteiger partial charge in [0, 0.05) is 10.6 Å². The van der Waals surface area contributed by atoms with Gasteiger partial charge in [0.1, 0.15) is 17.2 Å². The summed E-state index contributed by atoms with van der Waals surface area (Å²) >= 11 is 6.02. The molecule has 0 bridgehead atoms. The molecule has 5 heteroatoms. The quantitative estimate of drug-likeness (QED) is 0.867. The van der Waals surface area contributed by atoms with Gasteiger partial charge in [0.05, 0.1) is 25.9 Å². The molecule has 0 aromatic heterocycles. The molecule has 0 fully saturated rings. The molecule has 0 aliphatic carbocycles. The summed E-state index contributed by atoms with van der Waals surface area (Å²) in [6.45, 7) is 1.94. The SMILES string of the molecule is COc1ccc(O)c(C(C)Nc2cc(Cl)ccc2OC)c1. The van der Waals surface area contributed by atoms with Crippen LogP contribution in [0.2, 0.25) is 5.02 Å². The summed E-state index contributed by atoms with van der Waals surface area (Å²) in [6.07, 6.45) is 0. The molecule has 0 aliphatic heterocycles. The standard InChI is InChI=1S/C16H18ClNO3/c1-10(13-9-12(20-2)5-6-15(13)19)18-14-8-11(17)4-7-16(14)21-3/h4-10,18-19H,1-3H3. The van der Waals surface area contributed by atoms with Crippen molar-refractivity contribution in [2.45, 2.75) is 13.0 Å². The maximum atomic E-state index is 10.0. The molecule has 1 unspecified atom stereocenters. The van der Waals surface area contributed by atoms with Crippen LogP contribution in [0.4, 0.5) is 5.69 Å². The third-order valence-electron chi connectivity index (χ3n) is 3.23. The fourth-order valence-corrected chi connectivity index (χ4v) is 2.28. The second-order valence-electron chi connectivity index (χ2n) is 4.64. The Morgan fingerprint density at radius 2 is 1.86 bits per heavy atom. The number of halogens is 1. The van der Waals surface area contributed by atoms with Gasteiger partial charge in [-0.25, -0.2) is 0 Å².